The second-order valence-corrected chi connectivity index (χ2v) is 18.0. The number of furan rings is 1. The summed E-state index contributed by atoms with van der Waals surface area (Å²) in [5, 5.41) is 2.23. The van der Waals surface area contributed by atoms with Crippen molar-refractivity contribution in [2.75, 3.05) is 4.90 Å². The summed E-state index contributed by atoms with van der Waals surface area (Å²) in [7, 11) is 0. The second kappa shape index (κ2) is 13.4. The van der Waals surface area contributed by atoms with Gasteiger partial charge in [-0.25, -0.2) is 0 Å². The summed E-state index contributed by atoms with van der Waals surface area (Å²) in [6, 6.07) is 85.3. The minimum Gasteiger partial charge on any atom is -0.456 e. The number of nitrogens with zero attached hydrogens (tertiary/aromatic N) is 1. The standard InChI is InChI=1S/C63H41NO/c1-62(52-25-11-5-19-44(52)45-20-6-12-26-53(45)62)60-58(38-37-51-50-24-10-16-30-59(50)65-61(51)60)64(42-33-31-41(32-34-42)40-17-3-2-4-18-40)43-35-36-49-48-23-9-15-29-56(48)63(57(49)39-43)54-27-13-7-21-46(54)47-22-8-14-28-55(47)63/h2-39H,1H3. The first kappa shape index (κ1) is 36.3. The summed E-state index contributed by atoms with van der Waals surface area (Å²) in [5.41, 5.74) is 23.0. The Hall–Kier alpha value is -8.20. The number of rotatable bonds is 5. The van der Waals surface area contributed by atoms with Gasteiger partial charge in [-0.2, -0.15) is 0 Å². The van der Waals surface area contributed by atoms with E-state index in [2.05, 4.69) is 242 Å². The first-order valence-electron chi connectivity index (χ1n) is 22.7. The van der Waals surface area contributed by atoms with Crippen molar-refractivity contribution < 1.29 is 4.42 Å². The van der Waals surface area contributed by atoms with Crippen molar-refractivity contribution in [3.05, 3.63) is 269 Å². The summed E-state index contributed by atoms with van der Waals surface area (Å²) in [5.74, 6) is 0. The molecule has 0 amide bonds. The predicted molar refractivity (Wildman–Crippen MR) is 268 cm³/mol. The van der Waals surface area contributed by atoms with Crippen molar-refractivity contribution in [2.24, 2.45) is 0 Å². The average molecular weight is 828 g/mol. The van der Waals surface area contributed by atoms with Crippen molar-refractivity contribution in [3.63, 3.8) is 0 Å². The van der Waals surface area contributed by atoms with Crippen molar-refractivity contribution in [1.82, 2.24) is 0 Å². The first-order chi connectivity index (χ1) is 32.1. The molecule has 1 heterocycles. The van der Waals surface area contributed by atoms with E-state index in [0.29, 0.717) is 0 Å². The molecule has 0 atom stereocenters. The summed E-state index contributed by atoms with van der Waals surface area (Å²) in [4.78, 5) is 2.51. The fourth-order valence-corrected chi connectivity index (χ4v) is 12.3. The fraction of sp³-hybridized carbons (Fsp3) is 0.0476. The topological polar surface area (TPSA) is 16.4 Å². The number of fused-ring (bicyclic) bond motifs is 16. The highest BCUT2D eigenvalue weighted by Crippen LogP contribution is 2.64. The van der Waals surface area contributed by atoms with Crippen LogP contribution in [0, 0.1) is 0 Å². The van der Waals surface area contributed by atoms with Gasteiger partial charge in [0.05, 0.1) is 11.1 Å². The number of para-hydroxylation sites is 1. The lowest BCUT2D eigenvalue weighted by Gasteiger charge is -2.36. The SMILES string of the molecule is CC1(c2c(N(c3ccc(-c4ccccc4)cc3)c3ccc4c(c3)C3(c5ccccc5-c5ccccc53)c3ccccc3-4)ccc3c2oc2ccccc23)c2ccccc2-c2ccccc21. The van der Waals surface area contributed by atoms with Gasteiger partial charge in [0, 0.05) is 33.1 Å². The molecule has 10 aromatic carbocycles. The third-order valence-electron chi connectivity index (χ3n) is 15.0. The van der Waals surface area contributed by atoms with Crippen LogP contribution in [0.2, 0.25) is 0 Å². The molecule has 0 saturated carbocycles. The minimum absolute atomic E-state index is 0.487. The quantitative estimate of drug-likeness (QED) is 0.172. The molecule has 0 aliphatic heterocycles. The zero-order chi connectivity index (χ0) is 42.9. The Morgan fingerprint density at radius 1 is 0.354 bits per heavy atom. The molecular weight excluding hydrogens is 787 g/mol. The number of hydrogen-bond acceptors (Lipinski definition) is 2. The lowest BCUT2D eigenvalue weighted by Crippen LogP contribution is -2.27. The van der Waals surface area contributed by atoms with Crippen LogP contribution in [-0.4, -0.2) is 0 Å². The van der Waals surface area contributed by atoms with E-state index in [1.807, 2.05) is 0 Å². The number of anilines is 3. The van der Waals surface area contributed by atoms with Crippen LogP contribution in [0.4, 0.5) is 17.1 Å². The van der Waals surface area contributed by atoms with Crippen LogP contribution in [0.25, 0.3) is 66.4 Å². The second-order valence-electron chi connectivity index (χ2n) is 18.0. The molecule has 304 valence electrons. The Bertz CT molecular complexity index is 3630. The Morgan fingerprint density at radius 2 is 0.815 bits per heavy atom. The lowest BCUT2D eigenvalue weighted by molar-refractivity contribution is 0.638. The Morgan fingerprint density at radius 3 is 1.42 bits per heavy atom. The van der Waals surface area contributed by atoms with Crippen LogP contribution in [0.5, 0.6) is 0 Å². The molecular formula is C63H41NO. The Balaban J connectivity index is 1.09. The van der Waals surface area contributed by atoms with Gasteiger partial charge in [0.15, 0.2) is 0 Å². The van der Waals surface area contributed by atoms with E-state index >= 15 is 0 Å². The maximum atomic E-state index is 7.17. The third kappa shape index (κ3) is 4.78. The van der Waals surface area contributed by atoms with Gasteiger partial charge in [0.25, 0.3) is 0 Å². The summed E-state index contributed by atoms with van der Waals surface area (Å²) >= 11 is 0. The third-order valence-corrected chi connectivity index (χ3v) is 15.0. The van der Waals surface area contributed by atoms with E-state index in [9.17, 15) is 0 Å². The van der Waals surface area contributed by atoms with Crippen LogP contribution in [-0.2, 0) is 10.8 Å². The highest BCUT2D eigenvalue weighted by molar-refractivity contribution is 6.09. The van der Waals surface area contributed by atoms with Crippen molar-refractivity contribution in [2.45, 2.75) is 17.8 Å². The molecule has 11 aromatic rings. The zero-order valence-electron chi connectivity index (χ0n) is 35.8. The predicted octanol–water partition coefficient (Wildman–Crippen LogP) is 16.4. The molecule has 1 spiro atoms. The first-order valence-corrected chi connectivity index (χ1v) is 22.7. The Kier molecular flexibility index (Phi) is 7.49. The molecule has 0 saturated heterocycles. The smallest absolute Gasteiger partial charge is 0.141 e. The molecule has 0 radical (unpaired) electrons. The van der Waals surface area contributed by atoms with Gasteiger partial charge in [-0.3, -0.25) is 0 Å². The molecule has 2 heteroatoms. The molecule has 2 nitrogen and oxygen atoms in total. The maximum absolute atomic E-state index is 7.17. The average Bonchev–Trinajstić information content (AvgIpc) is 4.07. The van der Waals surface area contributed by atoms with E-state index in [0.717, 1.165) is 44.6 Å². The molecule has 1 aromatic heterocycles. The van der Waals surface area contributed by atoms with Crippen LogP contribution in [0.1, 0.15) is 45.9 Å². The van der Waals surface area contributed by atoms with Crippen LogP contribution in [0.15, 0.2) is 235 Å². The molecule has 3 aliphatic rings. The normalized spacial score (nSPS) is 14.2. The zero-order valence-corrected chi connectivity index (χ0v) is 35.8. The molecule has 0 fully saturated rings. The lowest BCUT2D eigenvalue weighted by atomic mass is 9.70. The molecule has 3 aliphatic carbocycles. The van der Waals surface area contributed by atoms with Crippen molar-refractivity contribution in [3.8, 4) is 44.5 Å². The molecule has 65 heavy (non-hydrogen) atoms. The molecule has 0 N–H and O–H groups in total. The minimum atomic E-state index is -0.574. The van der Waals surface area contributed by atoms with Crippen LogP contribution >= 0.6 is 0 Å². The van der Waals surface area contributed by atoms with E-state index in [-0.39, 0.29) is 0 Å². The van der Waals surface area contributed by atoms with E-state index in [4.69, 9.17) is 4.42 Å². The number of hydrogen-bond donors (Lipinski definition) is 0. The van der Waals surface area contributed by atoms with Gasteiger partial charge in [-0.05, 0) is 127 Å². The van der Waals surface area contributed by atoms with Gasteiger partial charge in [0.1, 0.15) is 11.2 Å². The molecule has 0 unspecified atom stereocenters. The van der Waals surface area contributed by atoms with Gasteiger partial charge in [0.2, 0.25) is 0 Å². The molecule has 0 bridgehead atoms. The van der Waals surface area contributed by atoms with Gasteiger partial charge in [-0.15, -0.1) is 0 Å². The van der Waals surface area contributed by atoms with Crippen molar-refractivity contribution >= 4 is 39.0 Å². The van der Waals surface area contributed by atoms with E-state index in [1.54, 1.807) is 0 Å². The van der Waals surface area contributed by atoms with E-state index in [1.165, 1.54) is 77.9 Å². The summed E-state index contributed by atoms with van der Waals surface area (Å²) < 4.78 is 7.17. The summed E-state index contributed by atoms with van der Waals surface area (Å²) in [6.45, 7) is 2.42. The highest BCUT2D eigenvalue weighted by Gasteiger charge is 2.52. The van der Waals surface area contributed by atoms with Crippen LogP contribution in [0.3, 0.4) is 0 Å². The molecule has 14 rings (SSSR count). The number of benzene rings is 10. The van der Waals surface area contributed by atoms with Crippen molar-refractivity contribution in [1.29, 1.82) is 0 Å². The highest BCUT2D eigenvalue weighted by atomic mass is 16.3. The monoisotopic (exact) mass is 827 g/mol. The van der Waals surface area contributed by atoms with E-state index < -0.39 is 10.8 Å². The Labute approximate surface area is 378 Å². The van der Waals surface area contributed by atoms with Crippen LogP contribution < -0.4 is 4.90 Å². The van der Waals surface area contributed by atoms with Gasteiger partial charge >= 0.3 is 0 Å². The maximum Gasteiger partial charge on any atom is 0.141 e. The fourth-order valence-electron chi connectivity index (χ4n) is 12.3. The van der Waals surface area contributed by atoms with Gasteiger partial charge < -0.3 is 9.32 Å². The van der Waals surface area contributed by atoms with Gasteiger partial charge in [-0.1, -0.05) is 188 Å². The largest absolute Gasteiger partial charge is 0.456 e. The summed E-state index contributed by atoms with van der Waals surface area (Å²) in [6.07, 6.45) is 0.